The van der Waals surface area contributed by atoms with Gasteiger partial charge in [0.15, 0.2) is 0 Å². The molecule has 0 radical (unpaired) electrons. The topological polar surface area (TPSA) is 90.3 Å². The van der Waals surface area contributed by atoms with Crippen LogP contribution in [0.5, 0.6) is 0 Å². The lowest BCUT2D eigenvalue weighted by Gasteiger charge is -2.29. The quantitative estimate of drug-likeness (QED) is 0.701. The number of likely N-dealkylation sites (N-methyl/N-ethyl adjacent to an activating group) is 1. The van der Waals surface area contributed by atoms with Crippen molar-refractivity contribution in [2.75, 3.05) is 33.4 Å². The van der Waals surface area contributed by atoms with Crippen LogP contribution in [-0.4, -0.2) is 77.5 Å². The van der Waals surface area contributed by atoms with Crippen molar-refractivity contribution in [3.63, 3.8) is 0 Å². The molecule has 7 heteroatoms. The lowest BCUT2D eigenvalue weighted by molar-refractivity contribution is -0.141. The molecular weight excluding hydrogens is 240 g/mol. The Labute approximate surface area is 106 Å². The summed E-state index contributed by atoms with van der Waals surface area (Å²) in [6, 6.07) is -1.21. The van der Waals surface area contributed by atoms with Gasteiger partial charge in [-0.25, -0.2) is 9.59 Å². The third-order valence-electron chi connectivity index (χ3n) is 3.15. The predicted octanol–water partition coefficient (Wildman–Crippen LogP) is -0.405. The number of aliphatic hydroxyl groups is 1. The molecule has 7 nitrogen and oxygen atoms in total. The number of carbonyl (C=O) groups is 2. The monoisotopic (exact) mass is 260 g/mol. The Hall–Kier alpha value is -1.34. The third kappa shape index (κ3) is 3.11. The van der Waals surface area contributed by atoms with Gasteiger partial charge in [0, 0.05) is 33.2 Å². The van der Waals surface area contributed by atoms with E-state index in [1.54, 1.807) is 6.92 Å². The number of urea groups is 1. The highest BCUT2D eigenvalue weighted by Crippen LogP contribution is 2.21. The minimum atomic E-state index is -1.03. The number of aliphatic hydroxyl groups excluding tert-OH is 1. The second-order valence-electron chi connectivity index (χ2n) is 4.19. The van der Waals surface area contributed by atoms with Crippen LogP contribution in [0.25, 0.3) is 0 Å². The van der Waals surface area contributed by atoms with Gasteiger partial charge in [-0.05, 0) is 6.92 Å². The summed E-state index contributed by atoms with van der Waals surface area (Å²) in [6.07, 6.45) is 0.0525. The lowest BCUT2D eigenvalue weighted by atomic mass is 10.2. The lowest BCUT2D eigenvalue weighted by Crippen LogP contribution is -2.48. The largest absolute Gasteiger partial charge is 0.480 e. The molecule has 1 fully saturated rings. The standard InChI is InChI=1S/C11H20N2O5/c1-3-12(4-5-14)11(17)13-7-8(18-2)6-9(13)10(15)16/h8-9,14H,3-7H2,1-2H3,(H,15,16). The van der Waals surface area contributed by atoms with Crippen molar-refractivity contribution in [2.45, 2.75) is 25.5 Å². The Kier molecular flexibility index (Phi) is 5.36. The minimum absolute atomic E-state index is 0.140. The number of carboxylic acid groups (broad SMARTS) is 1. The van der Waals surface area contributed by atoms with E-state index >= 15 is 0 Å². The van der Waals surface area contributed by atoms with E-state index in [0.717, 1.165) is 0 Å². The summed E-state index contributed by atoms with van der Waals surface area (Å²) in [6.45, 7) is 2.55. The van der Waals surface area contributed by atoms with Crippen molar-refractivity contribution >= 4 is 12.0 Å². The first-order valence-corrected chi connectivity index (χ1v) is 5.97. The zero-order valence-electron chi connectivity index (χ0n) is 10.7. The molecule has 0 spiro atoms. The molecule has 104 valence electrons. The Morgan fingerprint density at radius 3 is 2.61 bits per heavy atom. The predicted molar refractivity (Wildman–Crippen MR) is 63.3 cm³/mol. The molecule has 1 aliphatic heterocycles. The molecule has 2 atom stereocenters. The summed E-state index contributed by atoms with van der Waals surface area (Å²) in [5.41, 5.74) is 0. The number of ether oxygens (including phenoxy) is 1. The van der Waals surface area contributed by atoms with Crippen molar-refractivity contribution in [1.82, 2.24) is 9.80 Å². The molecule has 0 aromatic heterocycles. The third-order valence-corrected chi connectivity index (χ3v) is 3.15. The first-order chi connectivity index (χ1) is 8.54. The maximum Gasteiger partial charge on any atom is 0.326 e. The van der Waals surface area contributed by atoms with Crippen LogP contribution in [0, 0.1) is 0 Å². The normalized spacial score (nSPS) is 23.2. The van der Waals surface area contributed by atoms with Gasteiger partial charge >= 0.3 is 12.0 Å². The van der Waals surface area contributed by atoms with Crippen molar-refractivity contribution in [1.29, 1.82) is 0 Å². The maximum atomic E-state index is 12.2. The fourth-order valence-corrected chi connectivity index (χ4v) is 2.11. The van der Waals surface area contributed by atoms with Gasteiger partial charge in [-0.15, -0.1) is 0 Å². The van der Waals surface area contributed by atoms with Crippen LogP contribution < -0.4 is 0 Å². The molecule has 2 unspecified atom stereocenters. The number of carbonyl (C=O) groups excluding carboxylic acids is 1. The average Bonchev–Trinajstić information content (AvgIpc) is 2.79. The molecule has 1 aliphatic rings. The number of aliphatic carboxylic acids is 1. The van der Waals surface area contributed by atoms with E-state index in [1.807, 2.05) is 0 Å². The fraction of sp³-hybridized carbons (Fsp3) is 0.818. The number of nitrogens with zero attached hydrogens (tertiary/aromatic N) is 2. The van der Waals surface area contributed by atoms with Crippen LogP contribution in [0.1, 0.15) is 13.3 Å². The number of likely N-dealkylation sites (tertiary alicyclic amines) is 1. The summed E-state index contributed by atoms with van der Waals surface area (Å²) in [7, 11) is 1.50. The molecule has 1 saturated heterocycles. The Bertz CT molecular complexity index is 310. The molecule has 0 bridgehead atoms. The van der Waals surface area contributed by atoms with Gasteiger partial charge in [-0.1, -0.05) is 0 Å². The number of rotatable bonds is 5. The van der Waals surface area contributed by atoms with E-state index < -0.39 is 12.0 Å². The van der Waals surface area contributed by atoms with Gasteiger partial charge < -0.3 is 24.7 Å². The summed E-state index contributed by atoms with van der Waals surface area (Å²) in [5, 5.41) is 18.0. The molecule has 18 heavy (non-hydrogen) atoms. The van der Waals surface area contributed by atoms with Crippen LogP contribution in [0.2, 0.25) is 0 Å². The first kappa shape index (κ1) is 14.7. The van der Waals surface area contributed by atoms with Gasteiger partial charge in [0.25, 0.3) is 0 Å². The molecule has 0 aromatic rings. The van der Waals surface area contributed by atoms with Gasteiger partial charge in [0.1, 0.15) is 6.04 Å². The molecule has 0 saturated carbocycles. The number of carboxylic acids is 1. The summed E-state index contributed by atoms with van der Waals surface area (Å²) in [5.74, 6) is -1.03. The van der Waals surface area contributed by atoms with Crippen LogP contribution in [-0.2, 0) is 9.53 Å². The van der Waals surface area contributed by atoms with Crippen molar-refractivity contribution in [3.8, 4) is 0 Å². The average molecular weight is 260 g/mol. The molecule has 2 amide bonds. The van der Waals surface area contributed by atoms with E-state index in [1.165, 1.54) is 16.9 Å². The minimum Gasteiger partial charge on any atom is -0.480 e. The highest BCUT2D eigenvalue weighted by Gasteiger charge is 2.41. The maximum absolute atomic E-state index is 12.2. The van der Waals surface area contributed by atoms with Crippen LogP contribution in [0.4, 0.5) is 4.79 Å². The van der Waals surface area contributed by atoms with E-state index in [0.29, 0.717) is 13.0 Å². The van der Waals surface area contributed by atoms with Gasteiger partial charge in [-0.2, -0.15) is 0 Å². The fourth-order valence-electron chi connectivity index (χ4n) is 2.11. The highest BCUT2D eigenvalue weighted by atomic mass is 16.5. The number of methoxy groups -OCH3 is 1. The molecular formula is C11H20N2O5. The molecule has 0 aromatic carbocycles. The molecule has 1 rings (SSSR count). The first-order valence-electron chi connectivity index (χ1n) is 5.97. The zero-order valence-corrected chi connectivity index (χ0v) is 10.7. The van der Waals surface area contributed by atoms with E-state index in [2.05, 4.69) is 0 Å². The second kappa shape index (κ2) is 6.55. The van der Waals surface area contributed by atoms with E-state index in [-0.39, 0.29) is 31.8 Å². The van der Waals surface area contributed by atoms with E-state index in [9.17, 15) is 9.59 Å². The second-order valence-corrected chi connectivity index (χ2v) is 4.19. The van der Waals surface area contributed by atoms with Crippen LogP contribution in [0.3, 0.4) is 0 Å². The molecule has 2 N–H and O–H groups in total. The van der Waals surface area contributed by atoms with Crippen LogP contribution in [0.15, 0.2) is 0 Å². The van der Waals surface area contributed by atoms with Crippen molar-refractivity contribution < 1.29 is 24.5 Å². The van der Waals surface area contributed by atoms with Crippen LogP contribution >= 0.6 is 0 Å². The van der Waals surface area contributed by atoms with E-state index in [4.69, 9.17) is 14.9 Å². The Morgan fingerprint density at radius 2 is 2.17 bits per heavy atom. The van der Waals surface area contributed by atoms with Crippen molar-refractivity contribution in [2.24, 2.45) is 0 Å². The zero-order chi connectivity index (χ0) is 13.7. The van der Waals surface area contributed by atoms with Gasteiger partial charge in [0.2, 0.25) is 0 Å². The van der Waals surface area contributed by atoms with Gasteiger partial charge in [-0.3, -0.25) is 0 Å². The highest BCUT2D eigenvalue weighted by molar-refractivity contribution is 5.83. The number of amides is 2. The smallest absolute Gasteiger partial charge is 0.326 e. The number of hydrogen-bond acceptors (Lipinski definition) is 4. The number of hydrogen-bond donors (Lipinski definition) is 2. The SMILES string of the molecule is CCN(CCO)C(=O)N1CC(OC)CC1C(=O)O. The summed E-state index contributed by atoms with van der Waals surface area (Å²) in [4.78, 5) is 26.0. The summed E-state index contributed by atoms with van der Waals surface area (Å²) < 4.78 is 5.12. The Balaban J connectivity index is 2.78. The summed E-state index contributed by atoms with van der Waals surface area (Å²) >= 11 is 0. The molecule has 0 aliphatic carbocycles. The molecule has 1 heterocycles. The van der Waals surface area contributed by atoms with Gasteiger partial charge in [0.05, 0.1) is 12.7 Å². The Morgan fingerprint density at radius 1 is 1.50 bits per heavy atom. The van der Waals surface area contributed by atoms with Crippen molar-refractivity contribution in [3.05, 3.63) is 0 Å².